The van der Waals surface area contributed by atoms with Gasteiger partial charge in [0, 0.05) is 17.5 Å². The van der Waals surface area contributed by atoms with Crippen LogP contribution in [0.5, 0.6) is 5.75 Å². The summed E-state index contributed by atoms with van der Waals surface area (Å²) in [5.74, 6) is 1.16. The maximum Gasteiger partial charge on any atom is 0.127 e. The summed E-state index contributed by atoms with van der Waals surface area (Å²) in [6.07, 6.45) is 1.92. The molecule has 1 aromatic heterocycles. The molecule has 0 amide bonds. The van der Waals surface area contributed by atoms with Gasteiger partial charge in [-0.05, 0) is 55.2 Å². The molecule has 0 N–H and O–H groups in total. The molecule has 0 radical (unpaired) electrons. The third kappa shape index (κ3) is 3.22. The molecule has 2 rings (SSSR count). The SMILES string of the molecule is CCOc1ccc(C#N)cc1-c1cc(C)ncc1C(C)C. The Morgan fingerprint density at radius 3 is 2.62 bits per heavy atom. The first-order valence-corrected chi connectivity index (χ1v) is 7.20. The summed E-state index contributed by atoms with van der Waals surface area (Å²) in [5.41, 5.74) is 4.82. The van der Waals surface area contributed by atoms with Crippen LogP contribution in [0.2, 0.25) is 0 Å². The topological polar surface area (TPSA) is 45.9 Å². The highest BCUT2D eigenvalue weighted by Gasteiger charge is 2.14. The van der Waals surface area contributed by atoms with E-state index in [0.717, 1.165) is 28.1 Å². The van der Waals surface area contributed by atoms with Gasteiger partial charge in [-0.3, -0.25) is 4.98 Å². The third-order valence-corrected chi connectivity index (χ3v) is 3.39. The van der Waals surface area contributed by atoms with Gasteiger partial charge in [0.1, 0.15) is 5.75 Å². The molecule has 0 saturated carbocycles. The third-order valence-electron chi connectivity index (χ3n) is 3.39. The summed E-state index contributed by atoms with van der Waals surface area (Å²) in [5, 5.41) is 9.16. The fourth-order valence-electron chi connectivity index (χ4n) is 2.36. The number of aromatic nitrogens is 1. The van der Waals surface area contributed by atoms with Gasteiger partial charge in [0.2, 0.25) is 0 Å². The zero-order valence-corrected chi connectivity index (χ0v) is 13.0. The second-order valence-electron chi connectivity index (χ2n) is 5.32. The molecule has 0 aliphatic rings. The molecule has 2 aromatic rings. The monoisotopic (exact) mass is 280 g/mol. The van der Waals surface area contributed by atoms with E-state index in [9.17, 15) is 0 Å². The van der Waals surface area contributed by atoms with E-state index in [0.29, 0.717) is 18.1 Å². The summed E-state index contributed by atoms with van der Waals surface area (Å²) in [6.45, 7) is 8.82. The van der Waals surface area contributed by atoms with Crippen LogP contribution in [0, 0.1) is 18.3 Å². The highest BCUT2D eigenvalue weighted by Crippen LogP contribution is 2.36. The zero-order valence-electron chi connectivity index (χ0n) is 13.0. The van der Waals surface area contributed by atoms with Crippen LogP contribution in [0.3, 0.4) is 0 Å². The quantitative estimate of drug-likeness (QED) is 0.831. The predicted octanol–water partition coefficient (Wildman–Crippen LogP) is 4.45. The molecule has 3 heteroatoms. The highest BCUT2D eigenvalue weighted by atomic mass is 16.5. The highest BCUT2D eigenvalue weighted by molar-refractivity contribution is 5.75. The average molecular weight is 280 g/mol. The average Bonchev–Trinajstić information content (AvgIpc) is 2.47. The lowest BCUT2D eigenvalue weighted by Gasteiger charge is -2.16. The van der Waals surface area contributed by atoms with Gasteiger partial charge in [0.05, 0.1) is 18.2 Å². The Bertz CT molecular complexity index is 684. The van der Waals surface area contributed by atoms with Gasteiger partial charge < -0.3 is 4.74 Å². The Kier molecular flexibility index (Phi) is 4.59. The number of rotatable bonds is 4. The number of pyridine rings is 1. The molecule has 0 spiro atoms. The second kappa shape index (κ2) is 6.41. The minimum absolute atomic E-state index is 0.355. The number of aryl methyl sites for hydroxylation is 1. The number of hydrogen-bond acceptors (Lipinski definition) is 3. The van der Waals surface area contributed by atoms with E-state index in [4.69, 9.17) is 10.00 Å². The van der Waals surface area contributed by atoms with E-state index in [-0.39, 0.29) is 0 Å². The number of nitriles is 1. The van der Waals surface area contributed by atoms with Crippen molar-refractivity contribution < 1.29 is 4.74 Å². The van der Waals surface area contributed by atoms with Crippen molar-refractivity contribution >= 4 is 0 Å². The van der Waals surface area contributed by atoms with Crippen LogP contribution >= 0.6 is 0 Å². The van der Waals surface area contributed by atoms with Crippen molar-refractivity contribution in [3.05, 3.63) is 47.3 Å². The Morgan fingerprint density at radius 2 is 2.00 bits per heavy atom. The van der Waals surface area contributed by atoms with Gasteiger partial charge in [0.25, 0.3) is 0 Å². The van der Waals surface area contributed by atoms with Crippen molar-refractivity contribution in [2.24, 2.45) is 0 Å². The lowest BCUT2D eigenvalue weighted by atomic mass is 9.92. The lowest BCUT2D eigenvalue weighted by Crippen LogP contribution is -1.99. The summed E-state index contributed by atoms with van der Waals surface area (Å²) < 4.78 is 5.74. The molecule has 0 atom stereocenters. The van der Waals surface area contributed by atoms with Crippen molar-refractivity contribution in [3.63, 3.8) is 0 Å². The molecule has 1 heterocycles. The minimum atomic E-state index is 0.355. The molecular formula is C18H20N2O. The molecule has 0 unspecified atom stereocenters. The van der Waals surface area contributed by atoms with Crippen LogP contribution in [0.15, 0.2) is 30.5 Å². The Morgan fingerprint density at radius 1 is 1.24 bits per heavy atom. The maximum atomic E-state index is 9.16. The molecule has 0 saturated heterocycles. The van der Waals surface area contributed by atoms with Crippen LogP contribution in [0.4, 0.5) is 0 Å². The Balaban J connectivity index is 2.70. The summed E-state index contributed by atoms with van der Waals surface area (Å²) in [6, 6.07) is 9.82. The van der Waals surface area contributed by atoms with Crippen LogP contribution in [0.25, 0.3) is 11.1 Å². The summed E-state index contributed by atoms with van der Waals surface area (Å²) in [4.78, 5) is 4.40. The molecule has 1 aromatic carbocycles. The second-order valence-corrected chi connectivity index (χ2v) is 5.32. The van der Waals surface area contributed by atoms with Crippen LogP contribution in [-0.4, -0.2) is 11.6 Å². The van der Waals surface area contributed by atoms with Crippen molar-refractivity contribution in [1.29, 1.82) is 5.26 Å². The molecule has 21 heavy (non-hydrogen) atoms. The molecule has 0 aliphatic heterocycles. The van der Waals surface area contributed by atoms with E-state index in [1.54, 1.807) is 6.07 Å². The fraction of sp³-hybridized carbons (Fsp3) is 0.333. The van der Waals surface area contributed by atoms with E-state index >= 15 is 0 Å². The van der Waals surface area contributed by atoms with E-state index in [2.05, 4.69) is 31.0 Å². The molecule has 0 aliphatic carbocycles. The van der Waals surface area contributed by atoms with Gasteiger partial charge >= 0.3 is 0 Å². The summed E-state index contributed by atoms with van der Waals surface area (Å²) >= 11 is 0. The molecular weight excluding hydrogens is 260 g/mol. The Labute approximate surface area is 126 Å². The van der Waals surface area contributed by atoms with Crippen LogP contribution in [-0.2, 0) is 0 Å². The zero-order chi connectivity index (χ0) is 15.4. The van der Waals surface area contributed by atoms with E-state index < -0.39 is 0 Å². The van der Waals surface area contributed by atoms with Crippen molar-refractivity contribution in [2.75, 3.05) is 6.61 Å². The molecule has 0 bridgehead atoms. The predicted molar refractivity (Wildman–Crippen MR) is 84.4 cm³/mol. The van der Waals surface area contributed by atoms with Gasteiger partial charge in [0.15, 0.2) is 0 Å². The van der Waals surface area contributed by atoms with Crippen molar-refractivity contribution in [1.82, 2.24) is 4.98 Å². The Hall–Kier alpha value is -2.34. The van der Waals surface area contributed by atoms with Crippen LogP contribution in [0.1, 0.15) is 43.5 Å². The van der Waals surface area contributed by atoms with Gasteiger partial charge in [-0.2, -0.15) is 5.26 Å². The molecule has 3 nitrogen and oxygen atoms in total. The van der Waals surface area contributed by atoms with Gasteiger partial charge in [-0.15, -0.1) is 0 Å². The fourth-order valence-corrected chi connectivity index (χ4v) is 2.36. The lowest BCUT2D eigenvalue weighted by molar-refractivity contribution is 0.341. The number of benzene rings is 1. The number of nitrogens with zero attached hydrogens (tertiary/aromatic N) is 2. The van der Waals surface area contributed by atoms with Crippen LogP contribution < -0.4 is 4.74 Å². The first-order valence-electron chi connectivity index (χ1n) is 7.20. The maximum absolute atomic E-state index is 9.16. The molecule has 0 fully saturated rings. The minimum Gasteiger partial charge on any atom is -0.493 e. The largest absolute Gasteiger partial charge is 0.493 e. The van der Waals surface area contributed by atoms with Crippen molar-refractivity contribution in [3.8, 4) is 22.9 Å². The van der Waals surface area contributed by atoms with Gasteiger partial charge in [-0.1, -0.05) is 13.8 Å². The first-order chi connectivity index (χ1) is 10.1. The summed E-state index contributed by atoms with van der Waals surface area (Å²) in [7, 11) is 0. The smallest absolute Gasteiger partial charge is 0.127 e. The standard InChI is InChI=1S/C18H20N2O/c1-5-21-18-7-6-14(10-19)9-16(18)15-8-13(4)20-11-17(15)12(2)3/h6-9,11-12H,5H2,1-4H3. The normalized spacial score (nSPS) is 10.5. The number of hydrogen-bond donors (Lipinski definition) is 0. The first kappa shape index (κ1) is 15.1. The van der Waals surface area contributed by atoms with Crippen molar-refractivity contribution in [2.45, 2.75) is 33.6 Å². The van der Waals surface area contributed by atoms with E-state index in [1.807, 2.05) is 32.2 Å². The molecule has 108 valence electrons. The van der Waals surface area contributed by atoms with E-state index in [1.165, 1.54) is 0 Å². The number of ether oxygens (including phenoxy) is 1. The van der Waals surface area contributed by atoms with Gasteiger partial charge in [-0.25, -0.2) is 0 Å².